The normalized spacial score (nSPS) is 9.62. The van der Waals surface area contributed by atoms with Crippen LogP contribution in [0.1, 0.15) is 11.1 Å². The average molecular weight is 206 g/mol. The van der Waals surface area contributed by atoms with Crippen LogP contribution in [0.5, 0.6) is 0 Å². The van der Waals surface area contributed by atoms with Gasteiger partial charge in [0.1, 0.15) is 0 Å². The summed E-state index contributed by atoms with van der Waals surface area (Å²) < 4.78 is 0. The molecule has 2 aromatic rings. The molecule has 0 spiro atoms. The molecule has 0 aliphatic heterocycles. The molecule has 2 heteroatoms. The summed E-state index contributed by atoms with van der Waals surface area (Å²) in [5, 5.41) is 19.7. The molecule has 2 aromatic carbocycles. The summed E-state index contributed by atoms with van der Waals surface area (Å²) in [6, 6.07) is 16.2. The Labute approximate surface area is 94.4 Å². The molecule has 0 atom stereocenters. The molecule has 2 rings (SSSR count). The summed E-state index contributed by atoms with van der Waals surface area (Å²) in [6.07, 6.45) is 0.781. The minimum atomic E-state index is 0.389. The molecule has 0 saturated carbocycles. The van der Waals surface area contributed by atoms with Crippen LogP contribution in [0.15, 0.2) is 36.4 Å². The number of hydrogen-bond donors (Lipinski definition) is 0. The van der Waals surface area contributed by atoms with Crippen LogP contribution in [0.2, 0.25) is 0 Å². The maximum Gasteiger partial charge on any atom is 0.0669 e. The molecular formula is C14H10N2. The van der Waals surface area contributed by atoms with Gasteiger partial charge in [-0.1, -0.05) is 36.4 Å². The average Bonchev–Trinajstić information content (AvgIpc) is 2.30. The number of fused-ring (bicyclic) bond motifs is 1. The molecule has 0 aliphatic rings. The van der Waals surface area contributed by atoms with Crippen LogP contribution in [0.3, 0.4) is 0 Å². The molecular weight excluding hydrogens is 196 g/mol. The van der Waals surface area contributed by atoms with Crippen LogP contribution in [0, 0.1) is 22.7 Å². The number of nitrogens with zero attached hydrogens (tertiary/aromatic N) is 2. The third-order valence-corrected chi connectivity index (χ3v) is 2.56. The Hall–Kier alpha value is -2.32. The smallest absolute Gasteiger partial charge is 0.0669 e. The largest absolute Gasteiger partial charge is 0.198 e. The van der Waals surface area contributed by atoms with E-state index in [9.17, 15) is 0 Å². The zero-order valence-corrected chi connectivity index (χ0v) is 8.77. The lowest BCUT2D eigenvalue weighted by molar-refractivity contribution is 1.22. The second-order valence-corrected chi connectivity index (χ2v) is 3.65. The molecule has 0 saturated heterocycles. The Morgan fingerprint density at radius 1 is 0.938 bits per heavy atom. The monoisotopic (exact) mass is 206 g/mol. The zero-order valence-electron chi connectivity index (χ0n) is 8.77. The fraction of sp³-hybridized carbons (Fsp3) is 0.143. The van der Waals surface area contributed by atoms with Crippen LogP contribution >= 0.6 is 0 Å². The van der Waals surface area contributed by atoms with Gasteiger partial charge >= 0.3 is 0 Å². The molecule has 0 radical (unpaired) electrons. The van der Waals surface area contributed by atoms with E-state index in [2.05, 4.69) is 12.1 Å². The predicted octanol–water partition coefficient (Wildman–Crippen LogP) is 2.97. The summed E-state index contributed by atoms with van der Waals surface area (Å²) in [5.74, 6) is 0. The molecule has 2 nitrogen and oxygen atoms in total. The van der Waals surface area contributed by atoms with Crippen LogP contribution in [-0.2, 0) is 12.8 Å². The zero-order chi connectivity index (χ0) is 11.4. The fourth-order valence-electron chi connectivity index (χ4n) is 1.88. The van der Waals surface area contributed by atoms with Crippen molar-refractivity contribution in [2.24, 2.45) is 0 Å². The first-order valence-electron chi connectivity index (χ1n) is 5.09. The van der Waals surface area contributed by atoms with Crippen molar-refractivity contribution in [3.63, 3.8) is 0 Å². The summed E-state index contributed by atoms with van der Waals surface area (Å²) >= 11 is 0. The topological polar surface area (TPSA) is 47.6 Å². The van der Waals surface area contributed by atoms with Gasteiger partial charge in [-0.2, -0.15) is 10.5 Å². The summed E-state index contributed by atoms with van der Waals surface area (Å²) in [4.78, 5) is 0. The number of benzene rings is 2. The molecule has 0 fully saturated rings. The SMILES string of the molecule is N#CCc1cc(CC#N)c2ccccc2c1. The van der Waals surface area contributed by atoms with Gasteiger partial charge in [-0.05, 0) is 21.9 Å². The molecule has 0 unspecified atom stereocenters. The highest BCUT2D eigenvalue weighted by atomic mass is 14.2. The van der Waals surface area contributed by atoms with E-state index in [1.54, 1.807) is 0 Å². The lowest BCUT2D eigenvalue weighted by Crippen LogP contribution is -1.89. The van der Waals surface area contributed by atoms with E-state index in [1.165, 1.54) is 0 Å². The highest BCUT2D eigenvalue weighted by molar-refractivity contribution is 5.86. The molecule has 16 heavy (non-hydrogen) atoms. The van der Waals surface area contributed by atoms with Crippen molar-refractivity contribution in [2.75, 3.05) is 0 Å². The quantitative estimate of drug-likeness (QED) is 0.758. The summed E-state index contributed by atoms with van der Waals surface area (Å²) in [5.41, 5.74) is 1.98. The van der Waals surface area contributed by atoms with E-state index in [0.717, 1.165) is 21.9 Å². The molecule has 0 aliphatic carbocycles. The van der Waals surface area contributed by atoms with Crippen LogP contribution in [0.4, 0.5) is 0 Å². The van der Waals surface area contributed by atoms with Gasteiger partial charge in [0.05, 0.1) is 25.0 Å². The molecule has 0 bridgehead atoms. The van der Waals surface area contributed by atoms with Crippen LogP contribution in [-0.4, -0.2) is 0 Å². The second kappa shape index (κ2) is 4.47. The third-order valence-electron chi connectivity index (χ3n) is 2.56. The first-order valence-corrected chi connectivity index (χ1v) is 5.09. The van der Waals surface area contributed by atoms with Gasteiger partial charge in [0, 0.05) is 0 Å². The Kier molecular flexibility index (Phi) is 2.85. The molecule has 0 amide bonds. The van der Waals surface area contributed by atoms with Crippen molar-refractivity contribution in [1.82, 2.24) is 0 Å². The van der Waals surface area contributed by atoms with E-state index in [0.29, 0.717) is 12.8 Å². The minimum absolute atomic E-state index is 0.389. The van der Waals surface area contributed by atoms with Gasteiger partial charge in [0.15, 0.2) is 0 Å². The lowest BCUT2D eigenvalue weighted by atomic mass is 9.98. The van der Waals surface area contributed by atoms with Crippen LogP contribution < -0.4 is 0 Å². The van der Waals surface area contributed by atoms with E-state index >= 15 is 0 Å². The first-order chi connectivity index (χ1) is 7.85. The van der Waals surface area contributed by atoms with E-state index in [4.69, 9.17) is 10.5 Å². The van der Waals surface area contributed by atoms with Gasteiger partial charge in [-0.25, -0.2) is 0 Å². The third kappa shape index (κ3) is 1.87. The van der Waals surface area contributed by atoms with E-state index in [1.807, 2.05) is 36.4 Å². The van der Waals surface area contributed by atoms with Crippen molar-refractivity contribution >= 4 is 10.8 Å². The maximum absolute atomic E-state index is 8.78. The van der Waals surface area contributed by atoms with Crippen molar-refractivity contribution in [2.45, 2.75) is 12.8 Å². The van der Waals surface area contributed by atoms with Crippen molar-refractivity contribution in [3.8, 4) is 12.1 Å². The van der Waals surface area contributed by atoms with Crippen molar-refractivity contribution in [3.05, 3.63) is 47.5 Å². The Balaban J connectivity index is 2.65. The van der Waals surface area contributed by atoms with Gasteiger partial charge in [0.25, 0.3) is 0 Å². The van der Waals surface area contributed by atoms with Gasteiger partial charge in [-0.3, -0.25) is 0 Å². The standard InChI is InChI=1S/C14H10N2/c15-7-5-11-9-12-3-1-2-4-14(12)13(10-11)6-8-16/h1-4,9-10H,5-6H2. The first kappa shape index (κ1) is 10.2. The Morgan fingerprint density at radius 3 is 2.44 bits per heavy atom. The van der Waals surface area contributed by atoms with E-state index < -0.39 is 0 Å². The molecule has 0 N–H and O–H groups in total. The highest BCUT2D eigenvalue weighted by Crippen LogP contribution is 2.21. The minimum Gasteiger partial charge on any atom is -0.198 e. The summed E-state index contributed by atoms with van der Waals surface area (Å²) in [7, 11) is 0. The Bertz CT molecular complexity index is 600. The molecule has 0 aromatic heterocycles. The fourth-order valence-corrected chi connectivity index (χ4v) is 1.88. The number of rotatable bonds is 2. The van der Waals surface area contributed by atoms with Crippen molar-refractivity contribution in [1.29, 1.82) is 10.5 Å². The van der Waals surface area contributed by atoms with Gasteiger partial charge < -0.3 is 0 Å². The number of nitriles is 2. The maximum atomic E-state index is 8.78. The predicted molar refractivity (Wildman–Crippen MR) is 62.6 cm³/mol. The highest BCUT2D eigenvalue weighted by Gasteiger charge is 2.03. The summed E-state index contributed by atoms with van der Waals surface area (Å²) in [6.45, 7) is 0. The second-order valence-electron chi connectivity index (χ2n) is 3.65. The lowest BCUT2D eigenvalue weighted by Gasteiger charge is -2.05. The Morgan fingerprint density at radius 2 is 1.69 bits per heavy atom. The van der Waals surface area contributed by atoms with E-state index in [-0.39, 0.29) is 0 Å². The molecule has 0 heterocycles. The van der Waals surface area contributed by atoms with Gasteiger partial charge in [-0.15, -0.1) is 0 Å². The number of hydrogen-bond acceptors (Lipinski definition) is 2. The van der Waals surface area contributed by atoms with Gasteiger partial charge in [0.2, 0.25) is 0 Å². The van der Waals surface area contributed by atoms with Crippen molar-refractivity contribution < 1.29 is 0 Å². The van der Waals surface area contributed by atoms with Crippen LogP contribution in [0.25, 0.3) is 10.8 Å². The molecule has 76 valence electrons.